The summed E-state index contributed by atoms with van der Waals surface area (Å²) in [7, 11) is 0. The van der Waals surface area contributed by atoms with Gasteiger partial charge in [-0.3, -0.25) is 4.98 Å². The van der Waals surface area contributed by atoms with E-state index in [1.165, 1.54) is 11.8 Å². The standard InChI is InChI=1S/C17H22N2/c1-3-6-14(2)11-12-18-13-16-10-9-15-7-4-5-8-17(15)19-16/h3-5,7-10,14,18H,1,6,11-13H2,2H3. The fourth-order valence-electron chi connectivity index (χ4n) is 2.17. The highest BCUT2D eigenvalue weighted by atomic mass is 14.9. The second kappa shape index (κ2) is 7.05. The van der Waals surface area contributed by atoms with Gasteiger partial charge in [0.25, 0.3) is 0 Å². The Morgan fingerprint density at radius 2 is 2.11 bits per heavy atom. The predicted octanol–water partition coefficient (Wildman–Crippen LogP) is 3.93. The van der Waals surface area contributed by atoms with Crippen molar-refractivity contribution in [1.82, 2.24) is 10.3 Å². The van der Waals surface area contributed by atoms with Crippen LogP contribution in [0.2, 0.25) is 0 Å². The van der Waals surface area contributed by atoms with Gasteiger partial charge in [-0.1, -0.05) is 37.3 Å². The molecular formula is C17H22N2. The van der Waals surface area contributed by atoms with Gasteiger partial charge in [-0.2, -0.15) is 0 Å². The van der Waals surface area contributed by atoms with Gasteiger partial charge in [-0.25, -0.2) is 0 Å². The monoisotopic (exact) mass is 254 g/mol. The topological polar surface area (TPSA) is 24.9 Å². The molecule has 0 aliphatic rings. The summed E-state index contributed by atoms with van der Waals surface area (Å²) >= 11 is 0. The molecule has 1 N–H and O–H groups in total. The van der Waals surface area contributed by atoms with Gasteiger partial charge < -0.3 is 5.32 Å². The molecule has 2 rings (SSSR count). The van der Waals surface area contributed by atoms with E-state index in [2.05, 4.69) is 48.1 Å². The molecule has 1 aromatic carbocycles. The molecule has 0 bridgehead atoms. The van der Waals surface area contributed by atoms with Gasteiger partial charge in [0, 0.05) is 11.9 Å². The van der Waals surface area contributed by atoms with E-state index >= 15 is 0 Å². The molecule has 1 atom stereocenters. The first-order valence-electron chi connectivity index (χ1n) is 6.96. The number of pyridine rings is 1. The number of allylic oxidation sites excluding steroid dienone is 1. The molecule has 100 valence electrons. The molecule has 0 amide bonds. The molecule has 0 aliphatic carbocycles. The van der Waals surface area contributed by atoms with Crippen molar-refractivity contribution in [3.63, 3.8) is 0 Å². The van der Waals surface area contributed by atoms with E-state index in [4.69, 9.17) is 0 Å². The van der Waals surface area contributed by atoms with Gasteiger partial charge in [0.1, 0.15) is 0 Å². The van der Waals surface area contributed by atoms with Crippen molar-refractivity contribution in [1.29, 1.82) is 0 Å². The maximum absolute atomic E-state index is 4.65. The van der Waals surface area contributed by atoms with Gasteiger partial charge in [0.15, 0.2) is 0 Å². The molecule has 0 fully saturated rings. The number of hydrogen-bond acceptors (Lipinski definition) is 2. The Labute approximate surface area is 115 Å². The average molecular weight is 254 g/mol. The molecule has 0 saturated heterocycles. The summed E-state index contributed by atoms with van der Waals surface area (Å²) in [6, 6.07) is 12.5. The molecular weight excluding hydrogens is 232 g/mol. The summed E-state index contributed by atoms with van der Waals surface area (Å²) in [6.45, 7) is 7.91. The fraction of sp³-hybridized carbons (Fsp3) is 0.353. The average Bonchev–Trinajstić information content (AvgIpc) is 2.44. The number of hydrogen-bond donors (Lipinski definition) is 1. The number of nitrogens with zero attached hydrogens (tertiary/aromatic N) is 1. The minimum Gasteiger partial charge on any atom is -0.311 e. The van der Waals surface area contributed by atoms with Gasteiger partial charge in [-0.15, -0.1) is 6.58 Å². The van der Waals surface area contributed by atoms with Crippen LogP contribution in [0, 0.1) is 5.92 Å². The highest BCUT2D eigenvalue weighted by molar-refractivity contribution is 5.78. The number of rotatable bonds is 7. The third kappa shape index (κ3) is 4.18. The maximum atomic E-state index is 4.65. The number of nitrogens with one attached hydrogen (secondary N) is 1. The summed E-state index contributed by atoms with van der Waals surface area (Å²) in [5, 5.41) is 4.66. The van der Waals surface area contributed by atoms with E-state index in [0.717, 1.165) is 30.7 Å². The summed E-state index contributed by atoms with van der Waals surface area (Å²) in [5.41, 5.74) is 2.18. The fourth-order valence-corrected chi connectivity index (χ4v) is 2.17. The molecule has 19 heavy (non-hydrogen) atoms. The largest absolute Gasteiger partial charge is 0.311 e. The number of para-hydroxylation sites is 1. The Morgan fingerprint density at radius 1 is 1.26 bits per heavy atom. The van der Waals surface area contributed by atoms with Crippen LogP contribution in [-0.2, 0) is 6.54 Å². The first kappa shape index (κ1) is 13.8. The molecule has 0 aliphatic heterocycles. The van der Waals surface area contributed by atoms with Crippen molar-refractivity contribution in [2.45, 2.75) is 26.3 Å². The van der Waals surface area contributed by atoms with Crippen molar-refractivity contribution in [3.05, 3.63) is 54.7 Å². The van der Waals surface area contributed by atoms with Crippen LogP contribution >= 0.6 is 0 Å². The highest BCUT2D eigenvalue weighted by Crippen LogP contribution is 2.11. The number of fused-ring (bicyclic) bond motifs is 1. The molecule has 1 aromatic heterocycles. The van der Waals surface area contributed by atoms with Crippen molar-refractivity contribution in [2.75, 3.05) is 6.54 Å². The molecule has 1 unspecified atom stereocenters. The van der Waals surface area contributed by atoms with E-state index in [9.17, 15) is 0 Å². The smallest absolute Gasteiger partial charge is 0.0705 e. The lowest BCUT2D eigenvalue weighted by Gasteiger charge is -2.09. The van der Waals surface area contributed by atoms with Crippen molar-refractivity contribution < 1.29 is 0 Å². The Bertz CT molecular complexity index is 534. The minimum atomic E-state index is 0.703. The lowest BCUT2D eigenvalue weighted by atomic mass is 10.0. The quantitative estimate of drug-likeness (QED) is 0.598. The Hall–Kier alpha value is -1.67. The Kier molecular flexibility index (Phi) is 5.10. The second-order valence-corrected chi connectivity index (χ2v) is 5.09. The first-order chi connectivity index (χ1) is 9.29. The normalized spacial score (nSPS) is 12.5. The molecule has 2 heteroatoms. The lowest BCUT2D eigenvalue weighted by Crippen LogP contribution is -2.17. The van der Waals surface area contributed by atoms with Crippen LogP contribution in [0.1, 0.15) is 25.5 Å². The Morgan fingerprint density at radius 3 is 2.95 bits per heavy atom. The van der Waals surface area contributed by atoms with E-state index in [1.807, 2.05) is 18.2 Å². The van der Waals surface area contributed by atoms with Crippen LogP contribution < -0.4 is 5.32 Å². The van der Waals surface area contributed by atoms with Crippen LogP contribution in [0.5, 0.6) is 0 Å². The molecule has 2 nitrogen and oxygen atoms in total. The molecule has 0 saturated carbocycles. The molecule has 1 heterocycles. The zero-order chi connectivity index (χ0) is 13.5. The number of aromatic nitrogens is 1. The van der Waals surface area contributed by atoms with Crippen molar-refractivity contribution in [2.24, 2.45) is 5.92 Å². The van der Waals surface area contributed by atoms with Crippen molar-refractivity contribution >= 4 is 10.9 Å². The van der Waals surface area contributed by atoms with Crippen molar-refractivity contribution in [3.8, 4) is 0 Å². The lowest BCUT2D eigenvalue weighted by molar-refractivity contribution is 0.504. The second-order valence-electron chi connectivity index (χ2n) is 5.09. The Balaban J connectivity index is 1.83. The third-order valence-electron chi connectivity index (χ3n) is 3.35. The first-order valence-corrected chi connectivity index (χ1v) is 6.96. The van der Waals surface area contributed by atoms with Gasteiger partial charge >= 0.3 is 0 Å². The summed E-state index contributed by atoms with van der Waals surface area (Å²) < 4.78 is 0. The zero-order valence-corrected chi connectivity index (χ0v) is 11.6. The third-order valence-corrected chi connectivity index (χ3v) is 3.35. The summed E-state index contributed by atoms with van der Waals surface area (Å²) in [6.07, 6.45) is 4.27. The summed E-state index contributed by atoms with van der Waals surface area (Å²) in [5.74, 6) is 0.703. The highest BCUT2D eigenvalue weighted by Gasteiger charge is 2.00. The number of benzene rings is 1. The maximum Gasteiger partial charge on any atom is 0.0705 e. The van der Waals surface area contributed by atoms with Gasteiger partial charge in [0.05, 0.1) is 11.2 Å². The minimum absolute atomic E-state index is 0.703. The SMILES string of the molecule is C=CCC(C)CCNCc1ccc2ccccc2n1. The van der Waals surface area contributed by atoms with Crippen LogP contribution in [0.3, 0.4) is 0 Å². The van der Waals surface area contributed by atoms with Gasteiger partial charge in [0.2, 0.25) is 0 Å². The van der Waals surface area contributed by atoms with Crippen LogP contribution in [0.15, 0.2) is 49.1 Å². The zero-order valence-electron chi connectivity index (χ0n) is 11.6. The molecule has 2 aromatic rings. The van der Waals surface area contributed by atoms with Crippen LogP contribution in [-0.4, -0.2) is 11.5 Å². The van der Waals surface area contributed by atoms with E-state index < -0.39 is 0 Å². The van der Waals surface area contributed by atoms with Crippen LogP contribution in [0.4, 0.5) is 0 Å². The van der Waals surface area contributed by atoms with E-state index in [-0.39, 0.29) is 0 Å². The van der Waals surface area contributed by atoms with E-state index in [1.54, 1.807) is 0 Å². The van der Waals surface area contributed by atoms with E-state index in [0.29, 0.717) is 5.92 Å². The van der Waals surface area contributed by atoms with Gasteiger partial charge in [-0.05, 0) is 37.4 Å². The molecule has 0 spiro atoms. The van der Waals surface area contributed by atoms with Crippen LogP contribution in [0.25, 0.3) is 10.9 Å². The molecule has 0 radical (unpaired) electrons. The predicted molar refractivity (Wildman–Crippen MR) is 82.0 cm³/mol. The summed E-state index contributed by atoms with van der Waals surface area (Å²) in [4.78, 5) is 4.65.